The van der Waals surface area contributed by atoms with E-state index in [1.165, 1.54) is 21.3 Å². The third-order valence-corrected chi connectivity index (χ3v) is 4.66. The molecule has 2 rings (SSSR count). The maximum absolute atomic E-state index is 12.3. The number of nitrogens with one attached hydrogen (secondary N) is 1. The standard InChI is InChI=1S/C19H27NO7/c1-24-14-8-6-12(17(25-2)18(14)26-3)7-9-15(21)20-16(19(22)23)13-5-4-10-27-11-13/h6,8,13,16H,4-5,7,9-11H2,1-3H3,(H,20,21)(H,22,23). The molecule has 0 aliphatic carbocycles. The first kappa shape index (κ1) is 20.8. The van der Waals surface area contributed by atoms with Crippen molar-refractivity contribution in [3.05, 3.63) is 17.7 Å². The van der Waals surface area contributed by atoms with Gasteiger partial charge in [0.05, 0.1) is 27.9 Å². The highest BCUT2D eigenvalue weighted by molar-refractivity contribution is 5.84. The average molecular weight is 381 g/mol. The Bertz CT molecular complexity index is 656. The van der Waals surface area contributed by atoms with Gasteiger partial charge in [-0.05, 0) is 30.9 Å². The lowest BCUT2D eigenvalue weighted by atomic mass is 9.93. The molecule has 2 N–H and O–H groups in total. The number of hydrogen-bond acceptors (Lipinski definition) is 6. The van der Waals surface area contributed by atoms with Gasteiger partial charge in [-0.15, -0.1) is 0 Å². The average Bonchev–Trinajstić information content (AvgIpc) is 2.69. The molecule has 1 aliphatic heterocycles. The Morgan fingerprint density at radius 1 is 1.22 bits per heavy atom. The van der Waals surface area contributed by atoms with Gasteiger partial charge < -0.3 is 29.4 Å². The van der Waals surface area contributed by atoms with Crippen LogP contribution < -0.4 is 19.5 Å². The van der Waals surface area contributed by atoms with Gasteiger partial charge in [0.15, 0.2) is 11.5 Å². The summed E-state index contributed by atoms with van der Waals surface area (Å²) in [5.74, 6) is -0.0882. The third-order valence-electron chi connectivity index (χ3n) is 4.66. The molecule has 27 heavy (non-hydrogen) atoms. The summed E-state index contributed by atoms with van der Waals surface area (Å²) in [6.07, 6.45) is 2.03. The molecule has 8 heteroatoms. The summed E-state index contributed by atoms with van der Waals surface area (Å²) in [7, 11) is 4.57. The minimum absolute atomic E-state index is 0.128. The summed E-state index contributed by atoms with van der Waals surface area (Å²) in [6, 6.07) is 2.61. The molecule has 0 bridgehead atoms. The van der Waals surface area contributed by atoms with Gasteiger partial charge >= 0.3 is 5.97 Å². The van der Waals surface area contributed by atoms with Gasteiger partial charge in [0.25, 0.3) is 0 Å². The molecule has 1 saturated heterocycles. The van der Waals surface area contributed by atoms with Crippen LogP contribution in [0.5, 0.6) is 17.2 Å². The van der Waals surface area contributed by atoms with Crippen LogP contribution in [0.4, 0.5) is 0 Å². The Balaban J connectivity index is 2.02. The highest BCUT2D eigenvalue weighted by Crippen LogP contribution is 2.40. The minimum atomic E-state index is -1.04. The van der Waals surface area contributed by atoms with Crippen LogP contribution >= 0.6 is 0 Å². The van der Waals surface area contributed by atoms with Crippen molar-refractivity contribution >= 4 is 11.9 Å². The quantitative estimate of drug-likeness (QED) is 0.670. The fraction of sp³-hybridized carbons (Fsp3) is 0.579. The largest absolute Gasteiger partial charge is 0.493 e. The zero-order chi connectivity index (χ0) is 19.8. The number of aliphatic carboxylic acids is 1. The van der Waals surface area contributed by atoms with Crippen molar-refractivity contribution in [2.24, 2.45) is 5.92 Å². The van der Waals surface area contributed by atoms with Crippen molar-refractivity contribution in [1.82, 2.24) is 5.32 Å². The van der Waals surface area contributed by atoms with Crippen LogP contribution in [0, 0.1) is 5.92 Å². The van der Waals surface area contributed by atoms with Crippen molar-refractivity contribution < 1.29 is 33.6 Å². The molecule has 1 aliphatic rings. The van der Waals surface area contributed by atoms with E-state index < -0.39 is 12.0 Å². The van der Waals surface area contributed by atoms with E-state index in [4.69, 9.17) is 18.9 Å². The molecular formula is C19H27NO7. The summed E-state index contributed by atoms with van der Waals surface area (Å²) >= 11 is 0. The van der Waals surface area contributed by atoms with E-state index in [-0.39, 0.29) is 18.2 Å². The van der Waals surface area contributed by atoms with Crippen LogP contribution in [0.2, 0.25) is 0 Å². The number of carbonyl (C=O) groups excluding carboxylic acids is 1. The fourth-order valence-electron chi connectivity index (χ4n) is 3.26. The number of hydrogen-bond donors (Lipinski definition) is 2. The highest BCUT2D eigenvalue weighted by Gasteiger charge is 2.31. The maximum Gasteiger partial charge on any atom is 0.326 e. The lowest BCUT2D eigenvalue weighted by Crippen LogP contribution is -2.48. The van der Waals surface area contributed by atoms with Crippen LogP contribution in [0.25, 0.3) is 0 Å². The molecular weight excluding hydrogens is 354 g/mol. The molecule has 2 atom stereocenters. The predicted octanol–water partition coefficient (Wildman–Crippen LogP) is 1.64. The summed E-state index contributed by atoms with van der Waals surface area (Å²) in [5, 5.41) is 12.1. The van der Waals surface area contributed by atoms with Crippen LogP contribution in [-0.4, -0.2) is 57.6 Å². The van der Waals surface area contributed by atoms with E-state index in [1.54, 1.807) is 12.1 Å². The number of carboxylic acid groups (broad SMARTS) is 1. The van der Waals surface area contributed by atoms with Crippen LogP contribution in [0.1, 0.15) is 24.8 Å². The second-order valence-corrected chi connectivity index (χ2v) is 6.35. The Morgan fingerprint density at radius 2 is 1.96 bits per heavy atom. The number of carboxylic acids is 1. The normalized spacial score (nSPS) is 17.7. The van der Waals surface area contributed by atoms with E-state index in [0.29, 0.717) is 36.9 Å². The summed E-state index contributed by atoms with van der Waals surface area (Å²) in [6.45, 7) is 0.983. The van der Waals surface area contributed by atoms with E-state index in [2.05, 4.69) is 5.32 Å². The molecule has 1 aromatic carbocycles. The Labute approximate surface area is 158 Å². The maximum atomic E-state index is 12.3. The predicted molar refractivity (Wildman–Crippen MR) is 97.5 cm³/mol. The molecule has 0 saturated carbocycles. The minimum Gasteiger partial charge on any atom is -0.493 e. The van der Waals surface area contributed by atoms with Gasteiger partial charge in [0.2, 0.25) is 11.7 Å². The molecule has 0 aromatic heterocycles. The van der Waals surface area contributed by atoms with Gasteiger partial charge in [0, 0.05) is 18.9 Å². The molecule has 0 spiro atoms. The van der Waals surface area contributed by atoms with Crippen LogP contribution in [0.15, 0.2) is 12.1 Å². The van der Waals surface area contributed by atoms with Gasteiger partial charge in [-0.1, -0.05) is 6.07 Å². The molecule has 1 heterocycles. The summed E-state index contributed by atoms with van der Waals surface area (Å²) < 4.78 is 21.3. The Kier molecular flexibility index (Phi) is 7.72. The second kappa shape index (κ2) is 10.0. The Hall–Kier alpha value is -2.48. The third kappa shape index (κ3) is 5.26. The number of methoxy groups -OCH3 is 3. The van der Waals surface area contributed by atoms with Gasteiger partial charge in [-0.3, -0.25) is 4.79 Å². The van der Waals surface area contributed by atoms with Crippen molar-refractivity contribution in [2.75, 3.05) is 34.5 Å². The monoisotopic (exact) mass is 381 g/mol. The molecule has 1 fully saturated rings. The fourth-order valence-corrected chi connectivity index (χ4v) is 3.26. The van der Waals surface area contributed by atoms with E-state index in [1.807, 2.05) is 0 Å². The van der Waals surface area contributed by atoms with E-state index in [9.17, 15) is 14.7 Å². The molecule has 8 nitrogen and oxygen atoms in total. The lowest BCUT2D eigenvalue weighted by Gasteiger charge is -2.28. The van der Waals surface area contributed by atoms with Gasteiger partial charge in [0.1, 0.15) is 6.04 Å². The van der Waals surface area contributed by atoms with Crippen molar-refractivity contribution in [1.29, 1.82) is 0 Å². The first-order chi connectivity index (χ1) is 13.0. The van der Waals surface area contributed by atoms with E-state index >= 15 is 0 Å². The highest BCUT2D eigenvalue weighted by atomic mass is 16.5. The lowest BCUT2D eigenvalue weighted by molar-refractivity contribution is -0.145. The molecule has 2 unspecified atom stereocenters. The Morgan fingerprint density at radius 3 is 2.52 bits per heavy atom. The number of aryl methyl sites for hydroxylation is 1. The van der Waals surface area contributed by atoms with E-state index in [0.717, 1.165) is 18.4 Å². The second-order valence-electron chi connectivity index (χ2n) is 6.35. The number of amides is 1. The van der Waals surface area contributed by atoms with Crippen LogP contribution in [0.3, 0.4) is 0 Å². The van der Waals surface area contributed by atoms with Gasteiger partial charge in [-0.25, -0.2) is 4.79 Å². The number of ether oxygens (including phenoxy) is 4. The smallest absolute Gasteiger partial charge is 0.326 e. The number of carbonyl (C=O) groups is 2. The zero-order valence-electron chi connectivity index (χ0n) is 15.9. The topological polar surface area (TPSA) is 103 Å². The molecule has 150 valence electrons. The summed E-state index contributed by atoms with van der Waals surface area (Å²) in [4.78, 5) is 23.9. The number of benzene rings is 1. The molecule has 1 aromatic rings. The van der Waals surface area contributed by atoms with Crippen molar-refractivity contribution in [2.45, 2.75) is 31.7 Å². The number of rotatable bonds is 9. The van der Waals surface area contributed by atoms with Crippen LogP contribution in [-0.2, 0) is 20.7 Å². The molecule has 0 radical (unpaired) electrons. The first-order valence-corrected chi connectivity index (χ1v) is 8.89. The first-order valence-electron chi connectivity index (χ1n) is 8.89. The van der Waals surface area contributed by atoms with Crippen molar-refractivity contribution in [3.8, 4) is 17.2 Å². The summed E-state index contributed by atoms with van der Waals surface area (Å²) in [5.41, 5.74) is 0.776. The van der Waals surface area contributed by atoms with Crippen molar-refractivity contribution in [3.63, 3.8) is 0 Å². The SMILES string of the molecule is COc1ccc(CCC(=O)NC(C(=O)O)C2CCCOC2)c(OC)c1OC. The molecule has 1 amide bonds. The zero-order valence-corrected chi connectivity index (χ0v) is 15.9. The van der Waals surface area contributed by atoms with Gasteiger partial charge in [-0.2, -0.15) is 0 Å².